The predicted molar refractivity (Wildman–Crippen MR) is 79.0 cm³/mol. The SMILES string of the molecule is CCOc1ccc(C(O)c2cnc(C(C)C)n2C)cc1. The monoisotopic (exact) mass is 274 g/mol. The smallest absolute Gasteiger partial charge is 0.121 e. The lowest BCUT2D eigenvalue weighted by atomic mass is 10.1. The number of nitrogens with zero attached hydrogens (tertiary/aromatic N) is 2. The second kappa shape index (κ2) is 6.09. The van der Waals surface area contributed by atoms with Gasteiger partial charge in [-0.15, -0.1) is 0 Å². The largest absolute Gasteiger partial charge is 0.494 e. The highest BCUT2D eigenvalue weighted by molar-refractivity contribution is 5.32. The van der Waals surface area contributed by atoms with Crippen LogP contribution < -0.4 is 4.74 Å². The number of aliphatic hydroxyl groups excluding tert-OH is 1. The Morgan fingerprint density at radius 2 is 1.90 bits per heavy atom. The first-order valence-electron chi connectivity index (χ1n) is 6.97. The molecule has 0 radical (unpaired) electrons. The lowest BCUT2D eigenvalue weighted by molar-refractivity contribution is 0.211. The molecule has 108 valence electrons. The first-order valence-corrected chi connectivity index (χ1v) is 6.97. The van der Waals surface area contributed by atoms with Crippen molar-refractivity contribution in [3.63, 3.8) is 0 Å². The van der Waals surface area contributed by atoms with E-state index in [4.69, 9.17) is 4.74 Å². The predicted octanol–water partition coefficient (Wildman–Crippen LogP) is 3.02. The maximum atomic E-state index is 10.5. The minimum atomic E-state index is -0.671. The maximum absolute atomic E-state index is 10.5. The fourth-order valence-electron chi connectivity index (χ4n) is 2.31. The Kier molecular flexibility index (Phi) is 4.45. The van der Waals surface area contributed by atoms with Crippen molar-refractivity contribution < 1.29 is 9.84 Å². The van der Waals surface area contributed by atoms with Crippen LogP contribution in [0.1, 0.15) is 49.9 Å². The summed E-state index contributed by atoms with van der Waals surface area (Å²) >= 11 is 0. The number of hydrogen-bond donors (Lipinski definition) is 1. The van der Waals surface area contributed by atoms with E-state index in [1.165, 1.54) is 0 Å². The van der Waals surface area contributed by atoms with Gasteiger partial charge in [-0.25, -0.2) is 4.98 Å². The summed E-state index contributed by atoms with van der Waals surface area (Å²) in [7, 11) is 1.94. The van der Waals surface area contributed by atoms with E-state index in [0.717, 1.165) is 22.8 Å². The molecule has 0 aliphatic rings. The van der Waals surface area contributed by atoms with Crippen LogP contribution >= 0.6 is 0 Å². The van der Waals surface area contributed by atoms with Gasteiger partial charge in [0, 0.05) is 13.0 Å². The summed E-state index contributed by atoms with van der Waals surface area (Å²) in [5.74, 6) is 2.13. The van der Waals surface area contributed by atoms with Crippen molar-refractivity contribution in [3.05, 3.63) is 47.5 Å². The van der Waals surface area contributed by atoms with E-state index in [1.807, 2.05) is 42.8 Å². The molecule has 0 aliphatic carbocycles. The fraction of sp³-hybridized carbons (Fsp3) is 0.438. The van der Waals surface area contributed by atoms with E-state index in [0.29, 0.717) is 12.5 Å². The molecule has 0 bridgehead atoms. The third-order valence-electron chi connectivity index (χ3n) is 3.36. The summed E-state index contributed by atoms with van der Waals surface area (Å²) < 4.78 is 7.37. The Morgan fingerprint density at radius 1 is 1.25 bits per heavy atom. The lowest BCUT2D eigenvalue weighted by Gasteiger charge is -2.14. The van der Waals surface area contributed by atoms with Crippen molar-refractivity contribution in [1.29, 1.82) is 0 Å². The zero-order valence-corrected chi connectivity index (χ0v) is 12.5. The molecule has 0 spiro atoms. The van der Waals surface area contributed by atoms with Gasteiger partial charge in [0.2, 0.25) is 0 Å². The normalized spacial score (nSPS) is 12.7. The summed E-state index contributed by atoms with van der Waals surface area (Å²) in [5.41, 5.74) is 1.64. The van der Waals surface area contributed by atoms with Crippen LogP contribution in [-0.2, 0) is 7.05 Å². The fourth-order valence-corrected chi connectivity index (χ4v) is 2.31. The van der Waals surface area contributed by atoms with Crippen LogP contribution in [0, 0.1) is 0 Å². The molecule has 2 rings (SSSR count). The zero-order valence-electron chi connectivity index (χ0n) is 12.5. The topological polar surface area (TPSA) is 47.3 Å². The van der Waals surface area contributed by atoms with E-state index in [-0.39, 0.29) is 0 Å². The van der Waals surface area contributed by atoms with Crippen LogP contribution in [0.5, 0.6) is 5.75 Å². The number of ether oxygens (including phenoxy) is 1. The Morgan fingerprint density at radius 3 is 2.40 bits per heavy atom. The van der Waals surface area contributed by atoms with Crippen LogP contribution in [0.4, 0.5) is 0 Å². The Labute approximate surface area is 120 Å². The highest BCUT2D eigenvalue weighted by atomic mass is 16.5. The summed E-state index contributed by atoms with van der Waals surface area (Å²) in [6.45, 7) is 6.78. The van der Waals surface area contributed by atoms with Gasteiger partial charge in [-0.3, -0.25) is 0 Å². The van der Waals surface area contributed by atoms with Gasteiger partial charge in [-0.05, 0) is 24.6 Å². The molecule has 4 nitrogen and oxygen atoms in total. The van der Waals surface area contributed by atoms with Gasteiger partial charge in [0.25, 0.3) is 0 Å². The molecule has 1 unspecified atom stereocenters. The van der Waals surface area contributed by atoms with Crippen molar-refractivity contribution in [1.82, 2.24) is 9.55 Å². The zero-order chi connectivity index (χ0) is 14.7. The summed E-state index contributed by atoms with van der Waals surface area (Å²) in [5, 5.41) is 10.5. The molecule has 0 fully saturated rings. The average Bonchev–Trinajstić information content (AvgIpc) is 2.81. The van der Waals surface area contributed by atoms with E-state index in [1.54, 1.807) is 6.20 Å². The second-order valence-corrected chi connectivity index (χ2v) is 5.16. The van der Waals surface area contributed by atoms with Crippen LogP contribution in [0.25, 0.3) is 0 Å². The van der Waals surface area contributed by atoms with Crippen LogP contribution in [0.2, 0.25) is 0 Å². The molecule has 0 saturated carbocycles. The summed E-state index contributed by atoms with van der Waals surface area (Å²) in [6, 6.07) is 7.53. The first-order chi connectivity index (χ1) is 9.54. The van der Waals surface area contributed by atoms with Crippen molar-refractivity contribution in [2.45, 2.75) is 32.8 Å². The van der Waals surface area contributed by atoms with Gasteiger partial charge in [-0.1, -0.05) is 26.0 Å². The van der Waals surface area contributed by atoms with Gasteiger partial charge >= 0.3 is 0 Å². The van der Waals surface area contributed by atoms with Gasteiger partial charge in [0.15, 0.2) is 0 Å². The standard InChI is InChI=1S/C16H22N2O2/c1-5-20-13-8-6-12(7-9-13)15(19)14-10-17-16(11(2)3)18(14)4/h6-11,15,19H,5H2,1-4H3. The molecule has 1 heterocycles. The van der Waals surface area contributed by atoms with Gasteiger partial charge in [-0.2, -0.15) is 0 Å². The molecule has 1 aromatic carbocycles. The van der Waals surface area contributed by atoms with Crippen molar-refractivity contribution >= 4 is 0 Å². The number of benzene rings is 1. The highest BCUT2D eigenvalue weighted by Gasteiger charge is 2.18. The van der Waals surface area contributed by atoms with Crippen molar-refractivity contribution in [3.8, 4) is 5.75 Å². The molecule has 0 aliphatic heterocycles. The van der Waals surface area contributed by atoms with E-state index in [9.17, 15) is 5.11 Å². The van der Waals surface area contributed by atoms with E-state index < -0.39 is 6.10 Å². The molecule has 1 N–H and O–H groups in total. The van der Waals surface area contributed by atoms with Gasteiger partial charge < -0.3 is 14.4 Å². The summed E-state index contributed by atoms with van der Waals surface area (Å²) in [4.78, 5) is 4.39. The highest BCUT2D eigenvalue weighted by Crippen LogP contribution is 2.25. The molecular formula is C16H22N2O2. The molecule has 2 aromatic rings. The number of aliphatic hydroxyl groups is 1. The third kappa shape index (κ3) is 2.85. The summed E-state index contributed by atoms with van der Waals surface area (Å²) in [6.07, 6.45) is 1.08. The molecule has 1 atom stereocenters. The molecule has 1 aromatic heterocycles. The molecule has 4 heteroatoms. The number of imidazole rings is 1. The Bertz CT molecular complexity index is 558. The lowest BCUT2D eigenvalue weighted by Crippen LogP contribution is -2.08. The van der Waals surface area contributed by atoms with Crippen molar-refractivity contribution in [2.75, 3.05) is 6.61 Å². The Hall–Kier alpha value is -1.81. The van der Waals surface area contributed by atoms with E-state index >= 15 is 0 Å². The van der Waals surface area contributed by atoms with E-state index in [2.05, 4.69) is 18.8 Å². The van der Waals surface area contributed by atoms with Crippen LogP contribution in [0.3, 0.4) is 0 Å². The van der Waals surface area contributed by atoms with Gasteiger partial charge in [0.1, 0.15) is 17.7 Å². The second-order valence-electron chi connectivity index (χ2n) is 5.16. The number of aromatic nitrogens is 2. The number of hydrogen-bond acceptors (Lipinski definition) is 3. The molecular weight excluding hydrogens is 252 g/mol. The molecule has 0 saturated heterocycles. The molecule has 0 amide bonds. The first kappa shape index (κ1) is 14.6. The van der Waals surface area contributed by atoms with Crippen molar-refractivity contribution in [2.24, 2.45) is 7.05 Å². The third-order valence-corrected chi connectivity index (χ3v) is 3.36. The molecule has 20 heavy (non-hydrogen) atoms. The average molecular weight is 274 g/mol. The quantitative estimate of drug-likeness (QED) is 0.911. The van der Waals surface area contributed by atoms with Crippen LogP contribution in [0.15, 0.2) is 30.5 Å². The maximum Gasteiger partial charge on any atom is 0.121 e. The minimum absolute atomic E-state index is 0.335. The minimum Gasteiger partial charge on any atom is -0.494 e. The Balaban J connectivity index is 2.24. The van der Waals surface area contributed by atoms with Gasteiger partial charge in [0.05, 0.1) is 18.5 Å². The van der Waals surface area contributed by atoms with Crippen LogP contribution in [-0.4, -0.2) is 21.3 Å². The number of rotatable bonds is 5.